The summed E-state index contributed by atoms with van der Waals surface area (Å²) in [6.07, 6.45) is 3.07. The van der Waals surface area contributed by atoms with E-state index in [1.807, 2.05) is 37.6 Å². The normalized spacial score (nSPS) is 14.7. The van der Waals surface area contributed by atoms with Crippen LogP contribution in [0.5, 0.6) is 0 Å². The Hall–Kier alpha value is -3.29. The number of carbonyl (C=O) groups is 3. The van der Waals surface area contributed by atoms with Gasteiger partial charge in [-0.3, -0.25) is 9.59 Å². The number of ether oxygens (including phenoxy) is 1. The van der Waals surface area contributed by atoms with Crippen LogP contribution in [0.15, 0.2) is 42.6 Å². The van der Waals surface area contributed by atoms with Crippen molar-refractivity contribution in [3.8, 4) is 0 Å². The molecule has 1 saturated heterocycles. The van der Waals surface area contributed by atoms with E-state index in [4.69, 9.17) is 4.74 Å². The average molecular weight is 441 g/mol. The van der Waals surface area contributed by atoms with Gasteiger partial charge >= 0.3 is 6.09 Å². The van der Waals surface area contributed by atoms with E-state index in [0.29, 0.717) is 30.0 Å². The average Bonchev–Trinajstić information content (AvgIpc) is 3.22. The number of nitrogens with one attached hydrogen (secondary N) is 1. The smallest absolute Gasteiger partial charge is 0.410 e. The van der Waals surface area contributed by atoms with Crippen molar-refractivity contribution in [1.82, 2.24) is 14.4 Å². The fraction of sp³-hybridized carbons (Fsp3) is 0.458. The fourth-order valence-electron chi connectivity index (χ4n) is 3.74. The van der Waals surface area contributed by atoms with Crippen molar-refractivity contribution in [3.05, 3.63) is 53.9 Å². The third-order valence-corrected chi connectivity index (χ3v) is 5.29. The van der Waals surface area contributed by atoms with Gasteiger partial charge in [0.05, 0.1) is 0 Å². The van der Waals surface area contributed by atoms with Gasteiger partial charge < -0.3 is 24.4 Å². The molecular weight excluding hydrogens is 408 g/mol. The quantitative estimate of drug-likeness (QED) is 0.779. The molecule has 0 spiro atoms. The summed E-state index contributed by atoms with van der Waals surface area (Å²) in [5.74, 6) is -0.361. The maximum Gasteiger partial charge on any atom is 0.410 e. The van der Waals surface area contributed by atoms with E-state index in [9.17, 15) is 14.4 Å². The van der Waals surface area contributed by atoms with Gasteiger partial charge in [-0.1, -0.05) is 6.07 Å². The number of benzene rings is 1. The minimum Gasteiger partial charge on any atom is -0.444 e. The minimum atomic E-state index is -0.520. The molecule has 3 rings (SSSR count). The molecule has 8 heteroatoms. The molecule has 1 aromatic carbocycles. The highest BCUT2D eigenvalue weighted by molar-refractivity contribution is 6.04. The van der Waals surface area contributed by atoms with Crippen molar-refractivity contribution in [2.24, 2.45) is 0 Å². The highest BCUT2D eigenvalue weighted by Crippen LogP contribution is 2.26. The molecule has 0 unspecified atom stereocenters. The second-order valence-electron chi connectivity index (χ2n) is 9.23. The Balaban J connectivity index is 1.65. The van der Waals surface area contributed by atoms with Crippen molar-refractivity contribution < 1.29 is 19.1 Å². The van der Waals surface area contributed by atoms with Crippen LogP contribution in [0, 0.1) is 0 Å². The second-order valence-corrected chi connectivity index (χ2v) is 9.23. The zero-order valence-electron chi connectivity index (χ0n) is 19.4. The van der Waals surface area contributed by atoms with Gasteiger partial charge in [0, 0.05) is 50.7 Å². The molecule has 1 aliphatic heterocycles. The van der Waals surface area contributed by atoms with Crippen LogP contribution in [0.1, 0.15) is 60.5 Å². The van der Waals surface area contributed by atoms with Gasteiger partial charge in [-0.2, -0.15) is 0 Å². The molecule has 0 radical (unpaired) electrons. The first-order valence-corrected chi connectivity index (χ1v) is 10.8. The van der Waals surface area contributed by atoms with Crippen molar-refractivity contribution in [2.45, 2.75) is 45.3 Å². The summed E-state index contributed by atoms with van der Waals surface area (Å²) in [5.41, 5.74) is 1.10. The van der Waals surface area contributed by atoms with Crippen LogP contribution in [0.2, 0.25) is 0 Å². The first kappa shape index (κ1) is 23.4. The highest BCUT2D eigenvalue weighted by atomic mass is 16.6. The molecule has 0 atom stereocenters. The summed E-state index contributed by atoms with van der Waals surface area (Å²) < 4.78 is 7.43. The van der Waals surface area contributed by atoms with E-state index in [1.165, 1.54) is 4.90 Å². The Labute approximate surface area is 189 Å². The van der Waals surface area contributed by atoms with Gasteiger partial charge in [0.2, 0.25) is 0 Å². The topological polar surface area (TPSA) is 83.9 Å². The second kappa shape index (κ2) is 9.46. The molecule has 8 nitrogen and oxygen atoms in total. The Morgan fingerprint density at radius 2 is 1.75 bits per heavy atom. The van der Waals surface area contributed by atoms with Crippen molar-refractivity contribution in [3.63, 3.8) is 0 Å². The first-order valence-electron chi connectivity index (χ1n) is 10.8. The molecule has 2 aromatic rings. The molecule has 32 heavy (non-hydrogen) atoms. The Morgan fingerprint density at radius 1 is 1.06 bits per heavy atom. The van der Waals surface area contributed by atoms with Gasteiger partial charge in [-0.15, -0.1) is 0 Å². The van der Waals surface area contributed by atoms with Crippen molar-refractivity contribution in [2.75, 3.05) is 32.5 Å². The number of amides is 3. The summed E-state index contributed by atoms with van der Waals surface area (Å²) in [5, 5.41) is 2.90. The summed E-state index contributed by atoms with van der Waals surface area (Å²) >= 11 is 0. The van der Waals surface area contributed by atoms with Crippen LogP contribution in [0.25, 0.3) is 0 Å². The lowest BCUT2D eigenvalue weighted by molar-refractivity contribution is 0.0187. The molecule has 3 amide bonds. The van der Waals surface area contributed by atoms with E-state index in [-0.39, 0.29) is 23.9 Å². The van der Waals surface area contributed by atoms with Crippen molar-refractivity contribution >= 4 is 23.6 Å². The van der Waals surface area contributed by atoms with Crippen LogP contribution in [-0.2, 0) is 4.74 Å². The highest BCUT2D eigenvalue weighted by Gasteiger charge is 2.28. The maximum atomic E-state index is 13.0. The Bertz CT molecular complexity index is 982. The largest absolute Gasteiger partial charge is 0.444 e. The zero-order chi connectivity index (χ0) is 23.5. The van der Waals surface area contributed by atoms with E-state index in [2.05, 4.69) is 5.32 Å². The standard InChI is InChI=1S/C24H32N4O4/c1-24(2,3)32-23(31)27-14-11-19(12-15-27)28-13-7-10-20(28)21(29)25-18-9-6-8-17(16-18)22(30)26(4)5/h6-10,13,16,19H,11-12,14-15H2,1-5H3,(H,25,29). The molecular formula is C24H32N4O4. The first-order chi connectivity index (χ1) is 15.0. The summed E-state index contributed by atoms with van der Waals surface area (Å²) in [7, 11) is 3.38. The monoisotopic (exact) mass is 440 g/mol. The summed E-state index contributed by atoms with van der Waals surface area (Å²) in [6.45, 7) is 6.72. The van der Waals surface area contributed by atoms with Gasteiger partial charge in [0.15, 0.2) is 0 Å². The van der Waals surface area contributed by atoms with Gasteiger partial charge in [0.25, 0.3) is 11.8 Å². The molecule has 1 aromatic heterocycles. The van der Waals surface area contributed by atoms with Gasteiger partial charge in [0.1, 0.15) is 11.3 Å². The SMILES string of the molecule is CN(C)C(=O)c1cccc(NC(=O)c2cccn2C2CCN(C(=O)OC(C)(C)C)CC2)c1. The van der Waals surface area contributed by atoms with E-state index >= 15 is 0 Å². The predicted octanol–water partition coefficient (Wildman–Crippen LogP) is 4.01. The third kappa shape index (κ3) is 5.69. The molecule has 0 saturated carbocycles. The predicted molar refractivity (Wildman–Crippen MR) is 123 cm³/mol. The number of rotatable bonds is 4. The molecule has 2 heterocycles. The maximum absolute atomic E-state index is 13.0. The van der Waals surface area contributed by atoms with Crippen molar-refractivity contribution in [1.29, 1.82) is 0 Å². The minimum absolute atomic E-state index is 0.117. The molecule has 172 valence electrons. The number of hydrogen-bond acceptors (Lipinski definition) is 4. The number of aromatic nitrogens is 1. The Morgan fingerprint density at radius 3 is 2.38 bits per heavy atom. The van der Waals surface area contributed by atoms with E-state index in [1.54, 1.807) is 49.3 Å². The van der Waals surface area contributed by atoms with Crippen LogP contribution in [-0.4, -0.2) is 65.1 Å². The fourth-order valence-corrected chi connectivity index (χ4v) is 3.74. The lowest BCUT2D eigenvalue weighted by atomic mass is 10.0. The lowest BCUT2D eigenvalue weighted by Crippen LogP contribution is -2.42. The summed E-state index contributed by atoms with van der Waals surface area (Å²) in [4.78, 5) is 40.7. The lowest BCUT2D eigenvalue weighted by Gasteiger charge is -2.34. The number of likely N-dealkylation sites (tertiary alicyclic amines) is 1. The van der Waals surface area contributed by atoms with Gasteiger partial charge in [-0.05, 0) is 63.9 Å². The van der Waals surface area contributed by atoms with E-state index in [0.717, 1.165) is 12.8 Å². The van der Waals surface area contributed by atoms with Crippen LogP contribution < -0.4 is 5.32 Å². The zero-order valence-corrected chi connectivity index (χ0v) is 19.4. The Kier molecular flexibility index (Phi) is 6.91. The van der Waals surface area contributed by atoms with Gasteiger partial charge in [-0.25, -0.2) is 4.79 Å². The molecule has 1 fully saturated rings. The third-order valence-electron chi connectivity index (χ3n) is 5.29. The number of anilines is 1. The number of nitrogens with zero attached hydrogens (tertiary/aromatic N) is 3. The van der Waals surface area contributed by atoms with Crippen LogP contribution in [0.4, 0.5) is 10.5 Å². The number of carbonyl (C=O) groups excluding carboxylic acids is 3. The molecule has 1 N–H and O–H groups in total. The van der Waals surface area contributed by atoms with Crippen LogP contribution in [0.3, 0.4) is 0 Å². The summed E-state index contributed by atoms with van der Waals surface area (Å²) in [6, 6.07) is 10.7. The molecule has 0 bridgehead atoms. The molecule has 1 aliphatic rings. The van der Waals surface area contributed by atoms with Crippen LogP contribution >= 0.6 is 0 Å². The number of piperidine rings is 1. The van der Waals surface area contributed by atoms with E-state index < -0.39 is 5.60 Å². The number of hydrogen-bond donors (Lipinski definition) is 1. The molecule has 0 aliphatic carbocycles.